The van der Waals surface area contributed by atoms with Crippen LogP contribution in [0.15, 0.2) is 36.4 Å². The van der Waals surface area contributed by atoms with Crippen LogP contribution in [0.2, 0.25) is 5.02 Å². The molecule has 0 spiro atoms. The van der Waals surface area contributed by atoms with Gasteiger partial charge in [0.05, 0.1) is 22.1 Å². The van der Waals surface area contributed by atoms with Crippen molar-refractivity contribution in [2.24, 2.45) is 0 Å². The van der Waals surface area contributed by atoms with E-state index in [4.69, 9.17) is 23.2 Å². The van der Waals surface area contributed by atoms with E-state index in [9.17, 15) is 0 Å². The lowest BCUT2D eigenvalue weighted by Crippen LogP contribution is -2.01. The first-order valence-corrected chi connectivity index (χ1v) is 7.32. The van der Waals surface area contributed by atoms with Gasteiger partial charge in [-0.05, 0) is 37.6 Å². The summed E-state index contributed by atoms with van der Waals surface area (Å²) in [4.78, 5) is 4.57. The van der Waals surface area contributed by atoms with Gasteiger partial charge in [0, 0.05) is 0 Å². The number of nitrogens with zero attached hydrogens (tertiary/aromatic N) is 2. The minimum atomic E-state index is 0.346. The van der Waals surface area contributed by atoms with Gasteiger partial charge in [-0.15, -0.1) is 11.6 Å². The molecule has 0 aliphatic carbocycles. The number of aryl methyl sites for hydroxylation is 2. The van der Waals surface area contributed by atoms with Crippen molar-refractivity contribution in [2.75, 3.05) is 0 Å². The summed E-state index contributed by atoms with van der Waals surface area (Å²) < 4.78 is 2.09. The second-order valence-electron chi connectivity index (χ2n) is 4.89. The third kappa shape index (κ3) is 2.09. The van der Waals surface area contributed by atoms with E-state index >= 15 is 0 Å². The van der Waals surface area contributed by atoms with Crippen LogP contribution in [0.25, 0.3) is 16.7 Å². The van der Waals surface area contributed by atoms with Crippen LogP contribution in [0.1, 0.15) is 17.0 Å². The van der Waals surface area contributed by atoms with Crippen molar-refractivity contribution in [2.45, 2.75) is 19.7 Å². The Labute approximate surface area is 128 Å². The summed E-state index contributed by atoms with van der Waals surface area (Å²) in [5.41, 5.74) is 5.30. The minimum absolute atomic E-state index is 0.346. The molecule has 4 heteroatoms. The zero-order valence-corrected chi connectivity index (χ0v) is 12.8. The maximum Gasteiger partial charge on any atom is 0.129 e. The van der Waals surface area contributed by atoms with Crippen LogP contribution in [0.3, 0.4) is 0 Å². The Morgan fingerprint density at radius 3 is 2.65 bits per heavy atom. The largest absolute Gasteiger partial charge is 0.295 e. The average molecular weight is 305 g/mol. The normalized spacial score (nSPS) is 11.2. The van der Waals surface area contributed by atoms with Crippen molar-refractivity contribution in [3.05, 3.63) is 58.4 Å². The number of aromatic nitrogens is 2. The molecule has 0 radical (unpaired) electrons. The summed E-state index contributed by atoms with van der Waals surface area (Å²) in [6, 6.07) is 12.2. The van der Waals surface area contributed by atoms with Crippen LogP contribution in [0, 0.1) is 13.8 Å². The van der Waals surface area contributed by atoms with Crippen LogP contribution in [-0.4, -0.2) is 9.55 Å². The van der Waals surface area contributed by atoms with Crippen LogP contribution in [0.4, 0.5) is 0 Å². The highest BCUT2D eigenvalue weighted by atomic mass is 35.5. The second-order valence-corrected chi connectivity index (χ2v) is 5.57. The Bertz CT molecular complexity index is 791. The molecule has 1 aromatic heterocycles. The van der Waals surface area contributed by atoms with E-state index in [-0.39, 0.29) is 0 Å². The molecule has 0 saturated carbocycles. The SMILES string of the molecule is Cc1ccc(-n2c(CCl)nc3c(Cl)cccc32)c(C)c1. The second kappa shape index (κ2) is 5.12. The Kier molecular flexibility index (Phi) is 3.45. The summed E-state index contributed by atoms with van der Waals surface area (Å²) in [6.07, 6.45) is 0. The van der Waals surface area contributed by atoms with Crippen molar-refractivity contribution in [3.63, 3.8) is 0 Å². The molecule has 0 aliphatic heterocycles. The number of alkyl halides is 1. The maximum atomic E-state index is 6.23. The Morgan fingerprint density at radius 2 is 1.95 bits per heavy atom. The lowest BCUT2D eigenvalue weighted by molar-refractivity contribution is 0.971. The van der Waals surface area contributed by atoms with Gasteiger partial charge in [-0.3, -0.25) is 4.57 Å². The van der Waals surface area contributed by atoms with Crippen LogP contribution in [-0.2, 0) is 5.88 Å². The van der Waals surface area contributed by atoms with E-state index in [1.165, 1.54) is 11.1 Å². The third-order valence-electron chi connectivity index (χ3n) is 3.42. The summed E-state index contributed by atoms with van der Waals surface area (Å²) >= 11 is 12.3. The first-order valence-electron chi connectivity index (χ1n) is 6.41. The van der Waals surface area contributed by atoms with Gasteiger partial charge in [0.15, 0.2) is 0 Å². The number of rotatable bonds is 2. The van der Waals surface area contributed by atoms with Crippen molar-refractivity contribution in [1.82, 2.24) is 9.55 Å². The van der Waals surface area contributed by atoms with Crippen LogP contribution < -0.4 is 0 Å². The molecular weight excluding hydrogens is 291 g/mol. The predicted octanol–water partition coefficient (Wildman–Crippen LogP) is 5.03. The van der Waals surface area contributed by atoms with Crippen molar-refractivity contribution >= 4 is 34.2 Å². The van der Waals surface area contributed by atoms with Gasteiger partial charge in [0.25, 0.3) is 0 Å². The number of para-hydroxylation sites is 1. The molecule has 0 fully saturated rings. The van der Waals surface area contributed by atoms with Gasteiger partial charge in [0.2, 0.25) is 0 Å². The molecule has 0 bridgehead atoms. The third-order valence-corrected chi connectivity index (χ3v) is 3.96. The number of benzene rings is 2. The molecular formula is C16H14Cl2N2. The zero-order chi connectivity index (χ0) is 14.3. The van der Waals surface area contributed by atoms with E-state index in [1.807, 2.05) is 18.2 Å². The van der Waals surface area contributed by atoms with Crippen molar-refractivity contribution in [1.29, 1.82) is 0 Å². The van der Waals surface area contributed by atoms with Gasteiger partial charge in [0.1, 0.15) is 11.3 Å². The summed E-state index contributed by atoms with van der Waals surface area (Å²) in [5.74, 6) is 1.15. The zero-order valence-electron chi connectivity index (χ0n) is 11.3. The van der Waals surface area contributed by atoms with Gasteiger partial charge in [-0.25, -0.2) is 4.98 Å². The molecule has 2 aromatic carbocycles. The molecule has 3 aromatic rings. The van der Waals surface area contributed by atoms with Crippen molar-refractivity contribution < 1.29 is 0 Å². The van der Waals surface area contributed by atoms with Gasteiger partial charge in [-0.1, -0.05) is 35.4 Å². The summed E-state index contributed by atoms with van der Waals surface area (Å²) in [5, 5.41) is 0.650. The summed E-state index contributed by atoms with van der Waals surface area (Å²) in [7, 11) is 0. The van der Waals surface area contributed by atoms with Crippen LogP contribution in [0.5, 0.6) is 0 Å². The summed E-state index contributed by atoms with van der Waals surface area (Å²) in [6.45, 7) is 4.18. The average Bonchev–Trinajstić information content (AvgIpc) is 2.79. The molecule has 0 saturated heterocycles. The van der Waals surface area contributed by atoms with E-state index in [2.05, 4.69) is 41.6 Å². The molecule has 0 unspecified atom stereocenters. The molecule has 3 rings (SSSR count). The van der Waals surface area contributed by atoms with E-state index in [0.717, 1.165) is 22.5 Å². The number of imidazole rings is 1. The van der Waals surface area contributed by atoms with Gasteiger partial charge < -0.3 is 0 Å². The number of fused-ring (bicyclic) bond motifs is 1. The minimum Gasteiger partial charge on any atom is -0.295 e. The first-order chi connectivity index (χ1) is 9.61. The predicted molar refractivity (Wildman–Crippen MR) is 85.1 cm³/mol. The van der Waals surface area contributed by atoms with E-state index < -0.39 is 0 Å². The Morgan fingerprint density at radius 1 is 1.15 bits per heavy atom. The molecule has 20 heavy (non-hydrogen) atoms. The molecule has 0 aliphatic rings. The highest BCUT2D eigenvalue weighted by Crippen LogP contribution is 2.29. The molecule has 0 amide bonds. The Hall–Kier alpha value is -1.51. The topological polar surface area (TPSA) is 17.8 Å². The quantitative estimate of drug-likeness (QED) is 0.607. The van der Waals surface area contributed by atoms with E-state index in [1.54, 1.807) is 0 Å². The molecule has 0 N–H and O–H groups in total. The molecule has 0 atom stereocenters. The highest BCUT2D eigenvalue weighted by Gasteiger charge is 2.14. The first kappa shape index (κ1) is 13.5. The van der Waals surface area contributed by atoms with Gasteiger partial charge in [-0.2, -0.15) is 0 Å². The monoisotopic (exact) mass is 304 g/mol. The van der Waals surface area contributed by atoms with Crippen LogP contribution >= 0.6 is 23.2 Å². The molecule has 1 heterocycles. The highest BCUT2D eigenvalue weighted by molar-refractivity contribution is 6.35. The number of hydrogen-bond acceptors (Lipinski definition) is 1. The number of hydrogen-bond donors (Lipinski definition) is 0. The lowest BCUT2D eigenvalue weighted by Gasteiger charge is -2.11. The fraction of sp³-hybridized carbons (Fsp3) is 0.188. The lowest BCUT2D eigenvalue weighted by atomic mass is 10.1. The molecule has 102 valence electrons. The smallest absolute Gasteiger partial charge is 0.129 e. The molecule has 2 nitrogen and oxygen atoms in total. The number of halogens is 2. The maximum absolute atomic E-state index is 6.23. The standard InChI is InChI=1S/C16H14Cl2N2/c1-10-6-7-13(11(2)8-10)20-14-5-3-4-12(18)16(14)19-15(20)9-17/h3-8H,9H2,1-2H3. The van der Waals surface area contributed by atoms with Gasteiger partial charge >= 0.3 is 0 Å². The van der Waals surface area contributed by atoms with E-state index in [0.29, 0.717) is 10.9 Å². The van der Waals surface area contributed by atoms with Crippen molar-refractivity contribution in [3.8, 4) is 5.69 Å². The fourth-order valence-electron chi connectivity index (χ4n) is 2.53. The fourth-order valence-corrected chi connectivity index (χ4v) is 2.92. The Balaban J connectivity index is 2.37.